The van der Waals surface area contributed by atoms with E-state index in [2.05, 4.69) is 10.2 Å². The van der Waals surface area contributed by atoms with Gasteiger partial charge in [-0.1, -0.05) is 11.8 Å². The zero-order valence-corrected chi connectivity index (χ0v) is 13.6. The minimum absolute atomic E-state index is 0.0986. The molecule has 3 N–H and O–H groups in total. The van der Waals surface area contributed by atoms with Crippen LogP contribution in [0.15, 0.2) is 21.5 Å². The lowest BCUT2D eigenvalue weighted by molar-refractivity contribution is -0.147. The van der Waals surface area contributed by atoms with Gasteiger partial charge >= 0.3 is 5.97 Å². The molecule has 21 heavy (non-hydrogen) atoms. The van der Waals surface area contributed by atoms with Crippen molar-refractivity contribution in [2.24, 2.45) is 16.0 Å². The van der Waals surface area contributed by atoms with Gasteiger partial charge in [0.25, 0.3) is 0 Å². The molecule has 3 atom stereocenters. The quantitative estimate of drug-likeness (QED) is 0.735. The van der Waals surface area contributed by atoms with Crippen molar-refractivity contribution in [2.45, 2.75) is 22.5 Å². The fourth-order valence-electron chi connectivity index (χ4n) is 2.32. The molecule has 3 aliphatic rings. The number of azo groups is 1. The number of aliphatic carboxylic acids is 1. The average Bonchev–Trinajstić information content (AvgIpc) is 2.90. The number of carbonyl (C=O) groups excluding carboxylic acids is 1. The number of hydrogen-bond acceptors (Lipinski definition) is 8. The predicted molar refractivity (Wildman–Crippen MR) is 83.9 cm³/mol. The van der Waals surface area contributed by atoms with E-state index >= 15 is 0 Å². The van der Waals surface area contributed by atoms with Crippen molar-refractivity contribution in [2.75, 3.05) is 17.4 Å². The number of thioether (sulfide) groups is 3. The van der Waals surface area contributed by atoms with E-state index in [-0.39, 0.29) is 21.2 Å². The molecule has 3 heterocycles. The number of nitrogens with zero attached hydrogens (tertiary/aromatic N) is 3. The Morgan fingerprint density at radius 1 is 1.67 bits per heavy atom. The number of amides is 1. The Kier molecular flexibility index (Phi) is 3.97. The lowest BCUT2D eigenvalue weighted by Gasteiger charge is -2.48. The maximum absolute atomic E-state index is 11.8. The summed E-state index contributed by atoms with van der Waals surface area (Å²) in [5.74, 6) is 0.345. The number of nitrogens with two attached hydrogens (primary N) is 1. The minimum Gasteiger partial charge on any atom is -0.477 e. The molecule has 0 saturated carbocycles. The van der Waals surface area contributed by atoms with Crippen LogP contribution in [0.25, 0.3) is 0 Å². The summed E-state index contributed by atoms with van der Waals surface area (Å²) in [5.41, 5.74) is 6.56. The Morgan fingerprint density at radius 2 is 2.43 bits per heavy atom. The fraction of sp³-hybridized carbons (Fsp3) is 0.636. The zero-order valence-electron chi connectivity index (χ0n) is 11.2. The van der Waals surface area contributed by atoms with E-state index in [1.54, 1.807) is 23.5 Å². The molecule has 1 saturated heterocycles. The molecule has 10 heteroatoms. The van der Waals surface area contributed by atoms with Crippen molar-refractivity contribution >= 4 is 47.2 Å². The molecule has 1 fully saturated rings. The van der Waals surface area contributed by atoms with E-state index in [9.17, 15) is 14.7 Å². The van der Waals surface area contributed by atoms with E-state index in [0.29, 0.717) is 17.4 Å². The standard InChI is InChI=1S/C11H14N4O3S3/c1-11(14-13-4-21-11)20-3-5-2-19-9-6(12)8(16)15(9)7(5)10(17)18/h6,9H,2-4,12H2,1H3,(H,17,18)/t6?,9-,11?/m1/s1. The Hall–Kier alpha value is -0.710. The van der Waals surface area contributed by atoms with Gasteiger partial charge in [0, 0.05) is 11.5 Å². The van der Waals surface area contributed by atoms with Gasteiger partial charge in [-0.2, -0.15) is 10.2 Å². The number of carboxylic acid groups (broad SMARTS) is 1. The molecule has 0 aromatic heterocycles. The lowest BCUT2D eigenvalue weighted by Crippen LogP contribution is -2.68. The van der Waals surface area contributed by atoms with Gasteiger partial charge in [-0.05, 0) is 12.5 Å². The Bertz CT molecular complexity index is 567. The van der Waals surface area contributed by atoms with Crippen LogP contribution in [0.2, 0.25) is 0 Å². The summed E-state index contributed by atoms with van der Waals surface area (Å²) in [6.07, 6.45) is 0. The molecule has 7 nitrogen and oxygen atoms in total. The van der Waals surface area contributed by atoms with Crippen LogP contribution in [-0.4, -0.2) is 54.9 Å². The average molecular weight is 346 g/mol. The van der Waals surface area contributed by atoms with Gasteiger partial charge in [0.2, 0.25) is 5.91 Å². The molecule has 3 aliphatic heterocycles. The Balaban J connectivity index is 1.80. The van der Waals surface area contributed by atoms with Crippen LogP contribution in [0.3, 0.4) is 0 Å². The highest BCUT2D eigenvalue weighted by Crippen LogP contribution is 2.46. The van der Waals surface area contributed by atoms with E-state index in [4.69, 9.17) is 5.73 Å². The molecule has 114 valence electrons. The summed E-state index contributed by atoms with van der Waals surface area (Å²) in [6, 6.07) is -0.588. The van der Waals surface area contributed by atoms with E-state index in [1.165, 1.54) is 16.7 Å². The van der Waals surface area contributed by atoms with Gasteiger partial charge in [0.05, 0.1) is 0 Å². The predicted octanol–water partition coefficient (Wildman–Crippen LogP) is 1.13. The molecule has 0 aliphatic carbocycles. The molecule has 0 spiro atoms. The number of carboxylic acids is 1. The Labute approximate surface area is 134 Å². The number of carbonyl (C=O) groups is 2. The SMILES string of the molecule is CC1(SCC2=C(C(=O)O)N3C(=O)C(N)[C@H]3SC2)N=NCS1. The van der Waals surface area contributed by atoms with Gasteiger partial charge in [0.15, 0.2) is 4.20 Å². The third-order valence-corrected chi connectivity index (χ3v) is 7.49. The number of fused-ring (bicyclic) bond motifs is 1. The lowest BCUT2D eigenvalue weighted by atomic mass is 10.0. The topological polar surface area (TPSA) is 108 Å². The summed E-state index contributed by atoms with van der Waals surface area (Å²) in [5, 5.41) is 17.3. The van der Waals surface area contributed by atoms with Crippen LogP contribution >= 0.6 is 35.3 Å². The van der Waals surface area contributed by atoms with Crippen molar-refractivity contribution in [3.05, 3.63) is 11.3 Å². The molecule has 0 aromatic carbocycles. The second-order valence-electron chi connectivity index (χ2n) is 4.89. The van der Waals surface area contributed by atoms with Gasteiger partial charge < -0.3 is 10.8 Å². The van der Waals surface area contributed by atoms with Crippen LogP contribution in [0.4, 0.5) is 0 Å². The summed E-state index contributed by atoms with van der Waals surface area (Å²) >= 11 is 4.67. The molecule has 0 radical (unpaired) electrons. The third kappa shape index (κ3) is 2.58. The maximum Gasteiger partial charge on any atom is 0.352 e. The molecular formula is C11H14N4O3S3. The van der Waals surface area contributed by atoms with Crippen molar-refractivity contribution in [1.29, 1.82) is 0 Å². The molecule has 1 amide bonds. The van der Waals surface area contributed by atoms with Crippen molar-refractivity contribution in [3.8, 4) is 0 Å². The molecule has 0 aromatic rings. The van der Waals surface area contributed by atoms with Crippen LogP contribution in [0.5, 0.6) is 0 Å². The smallest absolute Gasteiger partial charge is 0.352 e. The second-order valence-corrected chi connectivity index (χ2v) is 8.97. The fourth-order valence-corrected chi connectivity index (χ4v) is 5.67. The first-order chi connectivity index (χ1) is 9.93. The van der Waals surface area contributed by atoms with Crippen molar-refractivity contribution < 1.29 is 14.7 Å². The molecule has 2 unspecified atom stereocenters. The van der Waals surface area contributed by atoms with Crippen LogP contribution in [-0.2, 0) is 9.59 Å². The maximum atomic E-state index is 11.8. The first-order valence-electron chi connectivity index (χ1n) is 6.25. The Morgan fingerprint density at radius 3 is 3.05 bits per heavy atom. The monoisotopic (exact) mass is 346 g/mol. The van der Waals surface area contributed by atoms with E-state index < -0.39 is 12.0 Å². The van der Waals surface area contributed by atoms with Crippen LogP contribution < -0.4 is 5.73 Å². The number of β-lactam (4-membered cyclic amide) rings is 1. The summed E-state index contributed by atoms with van der Waals surface area (Å²) < 4.78 is -0.368. The van der Waals surface area contributed by atoms with Crippen LogP contribution in [0.1, 0.15) is 6.92 Å². The van der Waals surface area contributed by atoms with Crippen molar-refractivity contribution in [3.63, 3.8) is 0 Å². The van der Waals surface area contributed by atoms with E-state index in [1.807, 2.05) is 6.92 Å². The molecular weight excluding hydrogens is 332 g/mol. The summed E-state index contributed by atoms with van der Waals surface area (Å²) in [6.45, 7) is 1.96. The molecule has 0 bridgehead atoms. The highest BCUT2D eigenvalue weighted by atomic mass is 32.2. The second kappa shape index (κ2) is 5.49. The summed E-state index contributed by atoms with van der Waals surface area (Å²) in [7, 11) is 0. The van der Waals surface area contributed by atoms with Gasteiger partial charge in [-0.25, -0.2) is 4.79 Å². The first-order valence-corrected chi connectivity index (χ1v) is 9.27. The normalized spacial score (nSPS) is 35.0. The molecule has 3 rings (SSSR count). The highest BCUT2D eigenvalue weighted by molar-refractivity contribution is 8.18. The van der Waals surface area contributed by atoms with E-state index in [0.717, 1.165) is 5.57 Å². The highest BCUT2D eigenvalue weighted by Gasteiger charge is 2.51. The van der Waals surface area contributed by atoms with Gasteiger partial charge in [-0.3, -0.25) is 9.69 Å². The van der Waals surface area contributed by atoms with Crippen LogP contribution in [0, 0.1) is 0 Å². The third-order valence-electron chi connectivity index (χ3n) is 3.45. The first kappa shape index (κ1) is 15.2. The van der Waals surface area contributed by atoms with Crippen molar-refractivity contribution in [1.82, 2.24) is 4.90 Å². The largest absolute Gasteiger partial charge is 0.477 e. The zero-order chi connectivity index (χ0) is 15.2. The van der Waals surface area contributed by atoms with Gasteiger partial charge in [0.1, 0.15) is 23.0 Å². The van der Waals surface area contributed by atoms with Gasteiger partial charge in [-0.15, -0.1) is 23.5 Å². The number of hydrogen-bond donors (Lipinski definition) is 2. The summed E-state index contributed by atoms with van der Waals surface area (Å²) in [4.78, 5) is 24.7. The minimum atomic E-state index is -1.07. The number of rotatable bonds is 4.